The molecule has 0 N–H and O–H groups in total. The van der Waals surface area contributed by atoms with E-state index in [0.717, 1.165) is 0 Å². The lowest BCUT2D eigenvalue weighted by Crippen LogP contribution is -2.00. The fourth-order valence-electron chi connectivity index (χ4n) is 2.21. The fraction of sp³-hybridized carbons (Fsp3) is 0.556. The Morgan fingerprint density at radius 3 is 1.00 bits per heavy atom. The molecule has 27 heavy (non-hydrogen) atoms. The molecule has 158 valence electrons. The van der Waals surface area contributed by atoms with Crippen molar-refractivity contribution in [3.8, 4) is 0 Å². The molecule has 0 radical (unpaired) electrons. The molecular formula is C27H50. The number of rotatable bonds is 0. The van der Waals surface area contributed by atoms with Crippen LogP contribution in [0.5, 0.6) is 0 Å². The summed E-state index contributed by atoms with van der Waals surface area (Å²) < 4.78 is 0. The van der Waals surface area contributed by atoms with E-state index < -0.39 is 0 Å². The van der Waals surface area contributed by atoms with Gasteiger partial charge < -0.3 is 0 Å². The molecule has 0 amide bonds. The Kier molecular flexibility index (Phi) is 39.4. The van der Waals surface area contributed by atoms with E-state index in [1.165, 1.54) is 31.2 Å². The maximum absolute atomic E-state index is 2.26. The van der Waals surface area contributed by atoms with Crippen LogP contribution in [0.3, 0.4) is 0 Å². The SMILES string of the molecule is CC.CC.CC.CC.CC.Cc1ccccc1.c1ccc2c(c1)CCCC2. The second kappa shape index (κ2) is 32.1. The molecule has 2 aromatic rings. The molecule has 0 saturated carbocycles. The van der Waals surface area contributed by atoms with E-state index in [4.69, 9.17) is 0 Å². The number of fused-ring (bicyclic) bond motifs is 1. The molecule has 0 bridgehead atoms. The molecule has 1 aliphatic carbocycles. The normalized spacial score (nSPS) is 9.44. The van der Waals surface area contributed by atoms with Gasteiger partial charge in [0.25, 0.3) is 0 Å². The molecule has 0 fully saturated rings. The summed E-state index contributed by atoms with van der Waals surface area (Å²) in [5, 5.41) is 0. The van der Waals surface area contributed by atoms with Crippen LogP contribution in [0.1, 0.15) is 98.8 Å². The zero-order valence-electron chi connectivity index (χ0n) is 20.5. The average molecular weight is 375 g/mol. The molecule has 0 spiro atoms. The Labute approximate surface area is 173 Å². The van der Waals surface area contributed by atoms with Gasteiger partial charge in [-0.1, -0.05) is 129 Å². The third kappa shape index (κ3) is 20.6. The van der Waals surface area contributed by atoms with E-state index in [0.29, 0.717) is 0 Å². The number of hydrogen-bond acceptors (Lipinski definition) is 0. The van der Waals surface area contributed by atoms with Gasteiger partial charge in [0, 0.05) is 0 Å². The maximum Gasteiger partial charge on any atom is -0.0276 e. The van der Waals surface area contributed by atoms with Crippen LogP contribution in [0.15, 0.2) is 54.6 Å². The molecule has 0 atom stereocenters. The van der Waals surface area contributed by atoms with E-state index in [2.05, 4.69) is 43.3 Å². The summed E-state index contributed by atoms with van der Waals surface area (Å²) in [6, 6.07) is 19.1. The van der Waals surface area contributed by atoms with Gasteiger partial charge in [0.15, 0.2) is 0 Å². The highest BCUT2D eigenvalue weighted by Gasteiger charge is 2.05. The predicted octanol–water partition coefficient (Wildman–Crippen LogP) is 9.69. The molecule has 0 aliphatic heterocycles. The minimum Gasteiger partial charge on any atom is -0.0683 e. The van der Waals surface area contributed by atoms with Crippen molar-refractivity contribution in [3.63, 3.8) is 0 Å². The minimum atomic E-state index is 1.30. The van der Waals surface area contributed by atoms with Crippen LogP contribution in [-0.4, -0.2) is 0 Å². The highest BCUT2D eigenvalue weighted by atomic mass is 14.1. The van der Waals surface area contributed by atoms with Crippen LogP contribution >= 0.6 is 0 Å². The van der Waals surface area contributed by atoms with E-state index in [9.17, 15) is 0 Å². The van der Waals surface area contributed by atoms with E-state index >= 15 is 0 Å². The topological polar surface area (TPSA) is 0 Å². The summed E-state index contributed by atoms with van der Waals surface area (Å²) in [5.41, 5.74) is 4.48. The standard InChI is InChI=1S/C10H12.C7H8.5C2H6/c1-2-6-10-8-4-3-7-9(10)5-1;1-7-5-3-2-4-6-7;5*1-2/h1-2,5-6H,3-4,7-8H2;2-6H,1H3;5*1-2H3. The molecule has 1 aliphatic rings. The van der Waals surface area contributed by atoms with Crippen molar-refractivity contribution < 1.29 is 0 Å². The van der Waals surface area contributed by atoms with E-state index in [-0.39, 0.29) is 0 Å². The van der Waals surface area contributed by atoms with Crippen molar-refractivity contribution in [2.75, 3.05) is 0 Å². The van der Waals surface area contributed by atoms with Gasteiger partial charge in [-0.2, -0.15) is 0 Å². The summed E-state index contributed by atoms with van der Waals surface area (Å²) in [7, 11) is 0. The van der Waals surface area contributed by atoms with Gasteiger partial charge in [0.1, 0.15) is 0 Å². The Balaban J connectivity index is -0.000000138. The van der Waals surface area contributed by atoms with Crippen LogP contribution in [0.4, 0.5) is 0 Å². The smallest absolute Gasteiger partial charge is 0.0276 e. The van der Waals surface area contributed by atoms with Crippen LogP contribution in [0.25, 0.3) is 0 Å². The van der Waals surface area contributed by atoms with Gasteiger partial charge in [-0.25, -0.2) is 0 Å². The highest BCUT2D eigenvalue weighted by Crippen LogP contribution is 2.19. The number of aryl methyl sites for hydroxylation is 3. The molecule has 0 heteroatoms. The van der Waals surface area contributed by atoms with Crippen molar-refractivity contribution in [2.45, 2.75) is 102 Å². The van der Waals surface area contributed by atoms with Crippen LogP contribution in [-0.2, 0) is 12.8 Å². The Hall–Kier alpha value is -1.56. The average Bonchev–Trinajstić information content (AvgIpc) is 2.82. The Bertz CT molecular complexity index is 418. The summed E-state index contributed by atoms with van der Waals surface area (Å²) >= 11 is 0. The van der Waals surface area contributed by atoms with Crippen molar-refractivity contribution >= 4 is 0 Å². The third-order valence-corrected chi connectivity index (χ3v) is 3.20. The highest BCUT2D eigenvalue weighted by molar-refractivity contribution is 5.28. The summed E-state index contributed by atoms with van der Waals surface area (Å²) in [5.74, 6) is 0. The molecule has 2 aromatic carbocycles. The quantitative estimate of drug-likeness (QED) is 0.430. The van der Waals surface area contributed by atoms with Gasteiger partial charge >= 0.3 is 0 Å². The largest absolute Gasteiger partial charge is 0.0683 e. The monoisotopic (exact) mass is 374 g/mol. The first-order valence-electron chi connectivity index (χ1n) is 11.4. The van der Waals surface area contributed by atoms with Crippen molar-refractivity contribution in [2.24, 2.45) is 0 Å². The first-order chi connectivity index (χ1) is 13.4. The van der Waals surface area contributed by atoms with Crippen molar-refractivity contribution in [1.82, 2.24) is 0 Å². The Morgan fingerprint density at radius 2 is 0.741 bits per heavy atom. The first kappa shape index (κ1) is 33.1. The van der Waals surface area contributed by atoms with Gasteiger partial charge in [0.2, 0.25) is 0 Å². The molecular weight excluding hydrogens is 324 g/mol. The van der Waals surface area contributed by atoms with Crippen LogP contribution in [0.2, 0.25) is 0 Å². The molecule has 0 unspecified atom stereocenters. The fourth-order valence-corrected chi connectivity index (χ4v) is 2.21. The van der Waals surface area contributed by atoms with Crippen molar-refractivity contribution in [1.29, 1.82) is 0 Å². The molecule has 0 nitrogen and oxygen atoms in total. The van der Waals surface area contributed by atoms with E-state index in [1.807, 2.05) is 87.4 Å². The lowest BCUT2D eigenvalue weighted by Gasteiger charge is -2.13. The molecule has 0 heterocycles. The van der Waals surface area contributed by atoms with Crippen molar-refractivity contribution in [3.05, 3.63) is 71.3 Å². The Morgan fingerprint density at radius 1 is 0.444 bits per heavy atom. The van der Waals surface area contributed by atoms with Gasteiger partial charge in [-0.3, -0.25) is 0 Å². The molecule has 0 aromatic heterocycles. The maximum atomic E-state index is 2.26. The molecule has 3 rings (SSSR count). The summed E-state index contributed by atoms with van der Waals surface area (Å²) in [4.78, 5) is 0. The van der Waals surface area contributed by atoms with Crippen LogP contribution in [0, 0.1) is 6.92 Å². The predicted molar refractivity (Wildman–Crippen MR) is 131 cm³/mol. The summed E-state index contributed by atoms with van der Waals surface area (Å²) in [6.07, 6.45) is 5.38. The van der Waals surface area contributed by atoms with Crippen LogP contribution < -0.4 is 0 Å². The zero-order valence-corrected chi connectivity index (χ0v) is 20.5. The summed E-state index contributed by atoms with van der Waals surface area (Å²) in [6.45, 7) is 22.1. The third-order valence-electron chi connectivity index (χ3n) is 3.20. The lowest BCUT2D eigenvalue weighted by molar-refractivity contribution is 0.685. The first-order valence-corrected chi connectivity index (χ1v) is 11.4. The number of benzene rings is 2. The molecule has 0 saturated heterocycles. The minimum absolute atomic E-state index is 1.30. The zero-order chi connectivity index (χ0) is 21.9. The second-order valence-corrected chi connectivity index (χ2v) is 4.63. The number of hydrogen-bond donors (Lipinski definition) is 0. The second-order valence-electron chi connectivity index (χ2n) is 4.63. The lowest BCUT2D eigenvalue weighted by atomic mass is 9.92. The van der Waals surface area contributed by atoms with Gasteiger partial charge in [-0.05, 0) is 43.7 Å². The van der Waals surface area contributed by atoms with Gasteiger partial charge in [0.05, 0.1) is 0 Å². The van der Waals surface area contributed by atoms with E-state index in [1.54, 1.807) is 11.1 Å². The van der Waals surface area contributed by atoms with Gasteiger partial charge in [-0.15, -0.1) is 0 Å².